The molecule has 100 heavy (non-hydrogen) atoms. The van der Waals surface area contributed by atoms with Crippen LogP contribution in [0.15, 0.2) is 122 Å². The molecular weight excluding hydrogens is 1290 g/mol. The minimum Gasteiger partial charge on any atom is -0.487 e. The fraction of sp³-hybridized carbons (Fsp3) is 0.457. The number of rotatable bonds is 16. The molecule has 30 heteroatoms. The maximum absolute atomic E-state index is 14.9. The van der Waals surface area contributed by atoms with Crippen LogP contribution in [0.2, 0.25) is 0 Å². The molecule has 8 aliphatic rings. The standard InChI is InChI=1S/C70H84N16O14/c1-41(71-3)59(87)73-39-69(23-24-69)67(97)83-35-49-31-57(83)63(91)75-53(27-43-11-7-5-8-12-43)61(89)77-55(65(93)94)29-45-17-21-52(22-18-45)100-38-48-34-86(82-80-48)50-32-58(84(36-50)68(98)70(25-26-70)40-74-60(88)42(2)72-4)64(92)76-54(28-44-13-9-6-10-14-44)62(90)78-56(66(95)96)30-46-15-19-51(20-16-46)99-37-47-33-85(49)81-79-47/h5-22,33-34,41-42,49-50,53-58,71-72H,23-32,35-40H2,1-4H3,(H,73,87)(H,74,88)(H,75,91)(H,76,92)(H,77,89)(H,78,90)(H,93,94)(H,95,96)/t41-,42-,49-,50-,53-,54-,55-,56-,57-,58-/m0/s1. The summed E-state index contributed by atoms with van der Waals surface area (Å²) >= 11 is 0. The van der Waals surface area contributed by atoms with Crippen LogP contribution in [0.1, 0.15) is 98.1 Å². The average molecular weight is 1370 g/mol. The van der Waals surface area contributed by atoms with E-state index in [1.165, 1.54) is 19.2 Å². The number of carboxylic acid groups (broad SMARTS) is 2. The van der Waals surface area contributed by atoms with E-state index in [-0.39, 0.29) is 102 Å². The Hall–Kier alpha value is -10.6. The predicted octanol–water partition coefficient (Wildman–Crippen LogP) is 0.713. The van der Waals surface area contributed by atoms with Gasteiger partial charge in [-0.2, -0.15) is 0 Å². The van der Waals surface area contributed by atoms with Crippen molar-refractivity contribution in [2.24, 2.45) is 10.8 Å². The van der Waals surface area contributed by atoms with Crippen LogP contribution in [-0.4, -0.2) is 198 Å². The first-order valence-electron chi connectivity index (χ1n) is 33.6. The van der Waals surface area contributed by atoms with Crippen LogP contribution in [0.5, 0.6) is 11.5 Å². The van der Waals surface area contributed by atoms with E-state index in [2.05, 4.69) is 63.2 Å². The summed E-state index contributed by atoms with van der Waals surface area (Å²) in [5, 5.41) is 61.3. The highest BCUT2D eigenvalue weighted by molar-refractivity contribution is 5.97. The van der Waals surface area contributed by atoms with Gasteiger partial charge in [-0.15, -0.1) is 10.2 Å². The van der Waals surface area contributed by atoms with E-state index in [1.54, 1.807) is 150 Å². The van der Waals surface area contributed by atoms with Crippen LogP contribution < -0.4 is 52.0 Å². The molecule has 2 saturated carbocycles. The van der Waals surface area contributed by atoms with Gasteiger partial charge in [0.25, 0.3) is 0 Å². The summed E-state index contributed by atoms with van der Waals surface area (Å²) in [6, 6.07) is 20.6. The normalized spacial score (nSPS) is 23.7. The van der Waals surface area contributed by atoms with E-state index in [9.17, 15) is 58.2 Å². The van der Waals surface area contributed by atoms with Crippen LogP contribution in [-0.2, 0) is 86.8 Å². The number of aliphatic carboxylic acids is 2. The number of nitrogens with one attached hydrogen (secondary N) is 8. The Morgan fingerprint density at radius 3 is 1.24 bits per heavy atom. The van der Waals surface area contributed by atoms with Gasteiger partial charge < -0.3 is 72.0 Å². The molecule has 12 bridgehead atoms. The Labute approximate surface area is 576 Å². The van der Waals surface area contributed by atoms with Crippen LogP contribution >= 0.6 is 0 Å². The lowest BCUT2D eigenvalue weighted by Crippen LogP contribution is -2.57. The second-order valence-electron chi connectivity index (χ2n) is 26.7. The molecule has 2 saturated heterocycles. The summed E-state index contributed by atoms with van der Waals surface area (Å²) in [4.78, 5) is 144. The number of likely N-dealkylation sites (N-methyl/N-ethyl adjacent to an activating group) is 2. The summed E-state index contributed by atoms with van der Waals surface area (Å²) in [7, 11) is 3.29. The van der Waals surface area contributed by atoms with E-state index in [4.69, 9.17) is 9.47 Å². The van der Waals surface area contributed by atoms with Crippen molar-refractivity contribution in [1.82, 2.24) is 82.3 Å². The summed E-state index contributed by atoms with van der Waals surface area (Å²) in [6.45, 7) is 3.24. The number of carbonyl (C=O) groups excluding carboxylic acids is 8. The van der Waals surface area contributed by atoms with Gasteiger partial charge in [0.15, 0.2) is 0 Å². The Balaban J connectivity index is 0.875. The smallest absolute Gasteiger partial charge is 0.326 e. The molecule has 0 radical (unpaired) electrons. The van der Waals surface area contributed by atoms with Crippen molar-refractivity contribution in [3.63, 3.8) is 0 Å². The fourth-order valence-corrected chi connectivity index (χ4v) is 12.8. The third-order valence-corrected chi connectivity index (χ3v) is 19.6. The van der Waals surface area contributed by atoms with Crippen molar-refractivity contribution in [1.29, 1.82) is 0 Å². The Kier molecular flexibility index (Phi) is 22.0. The van der Waals surface area contributed by atoms with Gasteiger partial charge in [0.1, 0.15) is 72.4 Å². The third kappa shape index (κ3) is 17.1. The molecule has 2 aromatic heterocycles. The number of aromatic nitrogens is 6. The van der Waals surface area contributed by atoms with E-state index in [0.717, 1.165) is 0 Å². The lowest BCUT2D eigenvalue weighted by atomic mass is 10.0. The van der Waals surface area contributed by atoms with Gasteiger partial charge in [0, 0.05) is 64.7 Å². The minimum atomic E-state index is -1.47. The largest absolute Gasteiger partial charge is 0.487 e. The van der Waals surface area contributed by atoms with E-state index < -0.39 is 107 Å². The SMILES string of the molecule is CN[C@@H](C)C(=O)NCC1(C(=O)N2C[C@@H]3C[C@H]2C(=O)N[C@@H](Cc2ccccc2)C(=O)N[C@H](C(=O)O)Cc2ccc(cc2)OCc2cn(nn2)[C@H]2C[C@@H](C(=O)N[C@@H](Cc4ccccc4)C(=O)N[C@H](C(=O)O)Cc4ccc(cc4)OCc4cn3nn4)N(C(=O)C3(CNC(=O)[C@H](C)NC)CC3)C2)CC1. The molecule has 4 aromatic carbocycles. The highest BCUT2D eigenvalue weighted by Gasteiger charge is 2.57. The lowest BCUT2D eigenvalue weighted by Gasteiger charge is -2.30. The highest BCUT2D eigenvalue weighted by Crippen LogP contribution is 2.50. The van der Waals surface area contributed by atoms with Gasteiger partial charge in [-0.25, -0.2) is 19.0 Å². The second kappa shape index (κ2) is 31.1. The van der Waals surface area contributed by atoms with Gasteiger partial charge >= 0.3 is 11.9 Å². The number of likely N-dealkylation sites (tertiary alicyclic amines) is 2. The maximum atomic E-state index is 14.9. The van der Waals surface area contributed by atoms with E-state index in [0.29, 0.717) is 70.8 Å². The van der Waals surface area contributed by atoms with Crippen molar-refractivity contribution in [3.8, 4) is 11.5 Å². The molecule has 6 aromatic rings. The van der Waals surface area contributed by atoms with Crippen molar-refractivity contribution in [2.75, 3.05) is 40.3 Å². The van der Waals surface area contributed by atoms with E-state index >= 15 is 0 Å². The second-order valence-corrected chi connectivity index (χ2v) is 26.7. The molecule has 528 valence electrons. The first kappa shape index (κ1) is 70.7. The molecule has 8 heterocycles. The third-order valence-electron chi connectivity index (χ3n) is 19.6. The van der Waals surface area contributed by atoms with Crippen LogP contribution in [0.4, 0.5) is 0 Å². The number of ether oxygens (including phenoxy) is 2. The fourth-order valence-electron chi connectivity index (χ4n) is 12.8. The van der Waals surface area contributed by atoms with Gasteiger partial charge in [-0.3, -0.25) is 38.4 Å². The van der Waals surface area contributed by atoms with Gasteiger partial charge in [0.2, 0.25) is 47.3 Å². The topological polar surface area (TPSA) is 394 Å². The monoisotopic (exact) mass is 1370 g/mol. The zero-order valence-corrected chi connectivity index (χ0v) is 56.0. The molecule has 10 atom stereocenters. The molecule has 4 fully saturated rings. The number of benzene rings is 4. The first-order valence-corrected chi connectivity index (χ1v) is 33.6. The van der Waals surface area contributed by atoms with Gasteiger partial charge in [-0.1, -0.05) is 95.4 Å². The Morgan fingerprint density at radius 2 is 0.900 bits per heavy atom. The number of hydrogen-bond acceptors (Lipinski definition) is 18. The predicted molar refractivity (Wildman–Crippen MR) is 357 cm³/mol. The zero-order chi connectivity index (χ0) is 70.8. The molecule has 8 amide bonds. The molecule has 10 N–H and O–H groups in total. The number of carbonyl (C=O) groups is 10. The minimum absolute atomic E-state index is 0.00351. The molecule has 0 unspecified atom stereocenters. The summed E-state index contributed by atoms with van der Waals surface area (Å²) in [5.74, 6) is -6.22. The van der Waals surface area contributed by atoms with Crippen LogP contribution in [0.25, 0.3) is 0 Å². The van der Waals surface area contributed by atoms with Crippen LogP contribution in [0.3, 0.4) is 0 Å². The Bertz CT molecular complexity index is 3700. The molecule has 30 nitrogen and oxygen atoms in total. The Morgan fingerprint density at radius 1 is 0.530 bits per heavy atom. The molecule has 14 rings (SSSR count). The molecule has 6 aliphatic heterocycles. The number of amides is 8. The van der Waals surface area contributed by atoms with E-state index in [1.807, 2.05) is 0 Å². The number of hydrogen-bond donors (Lipinski definition) is 10. The van der Waals surface area contributed by atoms with Crippen LogP contribution in [0, 0.1) is 10.8 Å². The summed E-state index contributed by atoms with van der Waals surface area (Å²) in [6.07, 6.45) is 4.66. The summed E-state index contributed by atoms with van der Waals surface area (Å²) < 4.78 is 15.3. The number of carboxylic acids is 2. The van der Waals surface area contributed by atoms with Gasteiger partial charge in [-0.05, 0) is 100 Å². The van der Waals surface area contributed by atoms with Gasteiger partial charge in [0.05, 0.1) is 47.4 Å². The summed E-state index contributed by atoms with van der Waals surface area (Å²) in [5.41, 5.74) is 1.08. The average Bonchev–Trinajstić information content (AvgIpc) is 1.60. The van der Waals surface area contributed by atoms with Crippen molar-refractivity contribution >= 4 is 59.2 Å². The van der Waals surface area contributed by atoms with Crippen molar-refractivity contribution < 1.29 is 67.6 Å². The van der Waals surface area contributed by atoms with Crippen molar-refractivity contribution in [2.45, 2.75) is 152 Å². The highest BCUT2D eigenvalue weighted by atomic mass is 16.5. The molecule has 0 spiro atoms. The molecular formula is C70H84N16O14. The zero-order valence-electron chi connectivity index (χ0n) is 56.0. The first-order chi connectivity index (χ1) is 48.1. The maximum Gasteiger partial charge on any atom is 0.326 e. The quantitative estimate of drug-likeness (QED) is 0.0638. The molecule has 2 aliphatic carbocycles. The van der Waals surface area contributed by atoms with Crippen molar-refractivity contribution in [3.05, 3.63) is 155 Å². The lowest BCUT2D eigenvalue weighted by molar-refractivity contribution is -0.144. The number of nitrogens with zero attached hydrogens (tertiary/aromatic N) is 8.